The SMILES string of the molecule is O=C(CCCc1nc2ccccc2c(=O)[nH]1)Nc1nc2ccc(Cl)cc2s1. The van der Waals surface area contributed by atoms with Gasteiger partial charge in [0.1, 0.15) is 5.82 Å². The van der Waals surface area contributed by atoms with E-state index in [1.165, 1.54) is 11.3 Å². The molecule has 0 atom stereocenters. The molecular weight excluding hydrogens is 384 g/mol. The lowest BCUT2D eigenvalue weighted by Crippen LogP contribution is -2.14. The van der Waals surface area contributed by atoms with Crippen molar-refractivity contribution in [1.29, 1.82) is 0 Å². The molecule has 0 aliphatic rings. The fourth-order valence-corrected chi connectivity index (χ4v) is 3.96. The number of nitrogens with zero attached hydrogens (tertiary/aromatic N) is 2. The van der Waals surface area contributed by atoms with Gasteiger partial charge < -0.3 is 10.3 Å². The fourth-order valence-electron chi connectivity index (χ4n) is 2.80. The number of para-hydroxylation sites is 1. The van der Waals surface area contributed by atoms with Crippen molar-refractivity contribution in [2.24, 2.45) is 0 Å². The molecule has 2 aromatic carbocycles. The first-order valence-electron chi connectivity index (χ1n) is 8.42. The standard InChI is InChI=1S/C19H15ClN4O2S/c20-11-8-9-14-15(10-11)27-19(22-14)24-17(25)7-3-6-16-21-13-5-2-1-4-12(13)18(26)23-16/h1-2,4-5,8-10H,3,6-7H2,(H,21,23,26)(H,22,24,25). The van der Waals surface area contributed by atoms with Crippen LogP contribution in [0.1, 0.15) is 18.7 Å². The fraction of sp³-hybridized carbons (Fsp3) is 0.158. The van der Waals surface area contributed by atoms with E-state index in [0.717, 1.165) is 10.2 Å². The van der Waals surface area contributed by atoms with Crippen LogP contribution in [0.15, 0.2) is 47.3 Å². The third-order valence-electron chi connectivity index (χ3n) is 4.08. The van der Waals surface area contributed by atoms with Gasteiger partial charge in [0.05, 0.1) is 21.1 Å². The van der Waals surface area contributed by atoms with Crippen LogP contribution in [0.2, 0.25) is 5.02 Å². The maximum Gasteiger partial charge on any atom is 0.258 e. The maximum absolute atomic E-state index is 12.2. The predicted octanol–water partition coefficient (Wildman–Crippen LogP) is 4.15. The third kappa shape index (κ3) is 3.99. The van der Waals surface area contributed by atoms with Gasteiger partial charge >= 0.3 is 0 Å². The normalized spacial score (nSPS) is 11.1. The number of amides is 1. The van der Waals surface area contributed by atoms with Crippen LogP contribution >= 0.6 is 22.9 Å². The Morgan fingerprint density at radius 1 is 1.15 bits per heavy atom. The second kappa shape index (κ2) is 7.46. The molecule has 27 heavy (non-hydrogen) atoms. The number of benzene rings is 2. The first-order chi connectivity index (χ1) is 13.1. The number of aromatic amines is 1. The molecule has 4 rings (SSSR count). The number of carbonyl (C=O) groups is 1. The number of halogens is 1. The second-order valence-electron chi connectivity index (χ2n) is 6.06. The highest BCUT2D eigenvalue weighted by Crippen LogP contribution is 2.28. The minimum Gasteiger partial charge on any atom is -0.310 e. The average molecular weight is 399 g/mol. The van der Waals surface area contributed by atoms with Crippen LogP contribution in [0.5, 0.6) is 0 Å². The molecule has 0 unspecified atom stereocenters. The number of carbonyl (C=O) groups excluding carboxylic acids is 1. The van der Waals surface area contributed by atoms with Gasteiger partial charge in [-0.05, 0) is 36.8 Å². The average Bonchev–Trinajstić information content (AvgIpc) is 3.03. The van der Waals surface area contributed by atoms with Crippen molar-refractivity contribution < 1.29 is 4.79 Å². The van der Waals surface area contributed by atoms with E-state index in [2.05, 4.69) is 20.3 Å². The summed E-state index contributed by atoms with van der Waals surface area (Å²) >= 11 is 7.35. The van der Waals surface area contributed by atoms with Crippen LogP contribution in [0, 0.1) is 0 Å². The molecular formula is C19H15ClN4O2S. The molecule has 0 saturated carbocycles. The van der Waals surface area contributed by atoms with Gasteiger partial charge in [-0.1, -0.05) is 35.1 Å². The molecule has 2 heterocycles. The zero-order valence-corrected chi connectivity index (χ0v) is 15.7. The smallest absolute Gasteiger partial charge is 0.258 e. The Bertz CT molecular complexity index is 1200. The molecule has 0 bridgehead atoms. The zero-order chi connectivity index (χ0) is 18.8. The van der Waals surface area contributed by atoms with Crippen LogP contribution in [0.3, 0.4) is 0 Å². The maximum atomic E-state index is 12.2. The molecule has 0 fully saturated rings. The van der Waals surface area contributed by atoms with Gasteiger partial charge in [-0.25, -0.2) is 9.97 Å². The molecule has 4 aromatic rings. The molecule has 0 saturated heterocycles. The van der Waals surface area contributed by atoms with Crippen LogP contribution < -0.4 is 10.9 Å². The Hall–Kier alpha value is -2.77. The number of rotatable bonds is 5. The Balaban J connectivity index is 1.37. The van der Waals surface area contributed by atoms with Gasteiger partial charge in [-0.3, -0.25) is 9.59 Å². The summed E-state index contributed by atoms with van der Waals surface area (Å²) in [7, 11) is 0. The summed E-state index contributed by atoms with van der Waals surface area (Å²) in [6.45, 7) is 0. The van der Waals surface area contributed by atoms with E-state index in [1.54, 1.807) is 24.3 Å². The van der Waals surface area contributed by atoms with Crippen molar-refractivity contribution in [1.82, 2.24) is 15.0 Å². The third-order valence-corrected chi connectivity index (χ3v) is 5.24. The lowest BCUT2D eigenvalue weighted by Gasteiger charge is -2.03. The first kappa shape index (κ1) is 17.6. The number of thiazole rings is 1. The highest BCUT2D eigenvalue weighted by molar-refractivity contribution is 7.22. The molecule has 2 N–H and O–H groups in total. The molecule has 8 heteroatoms. The Morgan fingerprint density at radius 3 is 2.89 bits per heavy atom. The molecule has 0 spiro atoms. The van der Waals surface area contributed by atoms with Crippen molar-refractivity contribution >= 4 is 55.1 Å². The Kier molecular flexibility index (Phi) is 4.87. The van der Waals surface area contributed by atoms with E-state index < -0.39 is 0 Å². The van der Waals surface area contributed by atoms with E-state index >= 15 is 0 Å². The molecule has 6 nitrogen and oxygen atoms in total. The van der Waals surface area contributed by atoms with Gasteiger partial charge in [0.15, 0.2) is 5.13 Å². The number of hydrogen-bond donors (Lipinski definition) is 2. The summed E-state index contributed by atoms with van der Waals surface area (Å²) < 4.78 is 0.927. The van der Waals surface area contributed by atoms with Gasteiger partial charge in [0, 0.05) is 17.9 Å². The summed E-state index contributed by atoms with van der Waals surface area (Å²) in [6.07, 6.45) is 1.40. The highest BCUT2D eigenvalue weighted by Gasteiger charge is 2.09. The number of aromatic nitrogens is 3. The molecule has 136 valence electrons. The van der Waals surface area contributed by atoms with Gasteiger partial charge in [-0.2, -0.15) is 0 Å². The Morgan fingerprint density at radius 2 is 2.00 bits per heavy atom. The minimum atomic E-state index is -0.159. The number of anilines is 1. The quantitative estimate of drug-likeness (QED) is 0.528. The van der Waals surface area contributed by atoms with E-state index in [4.69, 9.17) is 11.6 Å². The van der Waals surface area contributed by atoms with Gasteiger partial charge in [-0.15, -0.1) is 0 Å². The lowest BCUT2D eigenvalue weighted by molar-refractivity contribution is -0.116. The van der Waals surface area contributed by atoms with E-state index in [0.29, 0.717) is 46.1 Å². The topological polar surface area (TPSA) is 87.7 Å². The zero-order valence-electron chi connectivity index (χ0n) is 14.2. The Labute approximate surface area is 163 Å². The molecule has 0 aliphatic heterocycles. The molecule has 2 aromatic heterocycles. The van der Waals surface area contributed by atoms with Gasteiger partial charge in [0.2, 0.25) is 5.91 Å². The second-order valence-corrected chi connectivity index (χ2v) is 7.53. The van der Waals surface area contributed by atoms with Crippen LogP contribution in [0.25, 0.3) is 21.1 Å². The number of nitrogens with one attached hydrogen (secondary N) is 2. The van der Waals surface area contributed by atoms with Crippen molar-refractivity contribution in [2.45, 2.75) is 19.3 Å². The van der Waals surface area contributed by atoms with Crippen LogP contribution in [0.4, 0.5) is 5.13 Å². The number of H-pyrrole nitrogens is 1. The minimum absolute atomic E-state index is 0.122. The largest absolute Gasteiger partial charge is 0.310 e. The predicted molar refractivity (Wildman–Crippen MR) is 109 cm³/mol. The summed E-state index contributed by atoms with van der Waals surface area (Å²) in [5.74, 6) is 0.462. The van der Waals surface area contributed by atoms with Crippen molar-refractivity contribution in [3.8, 4) is 0 Å². The van der Waals surface area contributed by atoms with Crippen molar-refractivity contribution in [3.63, 3.8) is 0 Å². The lowest BCUT2D eigenvalue weighted by atomic mass is 10.2. The summed E-state index contributed by atoms with van der Waals surface area (Å²) in [5, 5.41) is 4.57. The van der Waals surface area contributed by atoms with E-state index in [1.807, 2.05) is 18.2 Å². The summed E-state index contributed by atoms with van der Waals surface area (Å²) in [4.78, 5) is 35.8. The van der Waals surface area contributed by atoms with Crippen molar-refractivity contribution in [2.75, 3.05) is 5.32 Å². The summed E-state index contributed by atoms with van der Waals surface area (Å²) in [5.41, 5.74) is 1.31. The van der Waals surface area contributed by atoms with Gasteiger partial charge in [0.25, 0.3) is 5.56 Å². The number of aryl methyl sites for hydroxylation is 1. The first-order valence-corrected chi connectivity index (χ1v) is 9.62. The molecule has 0 aliphatic carbocycles. The van der Waals surface area contributed by atoms with E-state index in [-0.39, 0.29) is 11.5 Å². The van der Waals surface area contributed by atoms with Crippen LogP contribution in [-0.4, -0.2) is 20.9 Å². The summed E-state index contributed by atoms with van der Waals surface area (Å²) in [6, 6.07) is 12.6. The number of fused-ring (bicyclic) bond motifs is 2. The highest BCUT2D eigenvalue weighted by atomic mass is 35.5. The van der Waals surface area contributed by atoms with Crippen molar-refractivity contribution in [3.05, 3.63) is 63.7 Å². The van der Waals surface area contributed by atoms with E-state index in [9.17, 15) is 9.59 Å². The monoisotopic (exact) mass is 398 g/mol. The molecule has 0 radical (unpaired) electrons. The van der Waals surface area contributed by atoms with Crippen LogP contribution in [-0.2, 0) is 11.2 Å². The number of hydrogen-bond acceptors (Lipinski definition) is 5. The molecule has 1 amide bonds.